The second kappa shape index (κ2) is 12.5. The molecule has 0 saturated heterocycles. The zero-order chi connectivity index (χ0) is 27.1. The van der Waals surface area contributed by atoms with Crippen molar-refractivity contribution in [2.45, 2.75) is 64.1 Å². The van der Waals surface area contributed by atoms with Crippen LogP contribution >= 0.6 is 0 Å². The smallest absolute Gasteiger partial charge is 0.251 e. The molecule has 10 nitrogen and oxygen atoms in total. The van der Waals surface area contributed by atoms with E-state index in [-0.39, 0.29) is 18.5 Å². The lowest BCUT2D eigenvalue weighted by molar-refractivity contribution is -0.127. The Hall–Kier alpha value is -4.02. The summed E-state index contributed by atoms with van der Waals surface area (Å²) in [5, 5.41) is 15.6. The summed E-state index contributed by atoms with van der Waals surface area (Å²) in [6.07, 6.45) is 5.04. The summed E-state index contributed by atoms with van der Waals surface area (Å²) >= 11 is 0. The van der Waals surface area contributed by atoms with E-state index in [1.54, 1.807) is 31.4 Å². The number of nitrogens with one attached hydrogen (secondary N) is 1. The van der Waals surface area contributed by atoms with Crippen molar-refractivity contribution in [3.63, 3.8) is 0 Å². The first-order valence-electron chi connectivity index (χ1n) is 12.8. The van der Waals surface area contributed by atoms with Crippen LogP contribution in [-0.4, -0.2) is 58.3 Å². The lowest BCUT2D eigenvalue weighted by atomic mass is 10.1. The quantitative estimate of drug-likeness (QED) is 0.407. The first kappa shape index (κ1) is 27.0. The van der Waals surface area contributed by atoms with E-state index in [9.17, 15) is 14.0 Å². The highest BCUT2D eigenvalue weighted by Crippen LogP contribution is 2.31. The lowest BCUT2D eigenvalue weighted by Crippen LogP contribution is -2.52. The van der Waals surface area contributed by atoms with Crippen LogP contribution in [0.1, 0.15) is 45.4 Å². The van der Waals surface area contributed by atoms with Crippen LogP contribution < -0.4 is 19.7 Å². The second-order valence-electron chi connectivity index (χ2n) is 9.25. The molecule has 3 aromatic rings. The van der Waals surface area contributed by atoms with E-state index in [1.807, 2.05) is 6.92 Å². The van der Waals surface area contributed by atoms with Gasteiger partial charge in [0.2, 0.25) is 11.7 Å². The number of tetrazole rings is 1. The molecule has 1 atom stereocenters. The summed E-state index contributed by atoms with van der Waals surface area (Å²) in [5.41, 5.74) is 0.929. The van der Waals surface area contributed by atoms with Crippen molar-refractivity contribution >= 4 is 17.5 Å². The zero-order valence-electron chi connectivity index (χ0n) is 21.9. The van der Waals surface area contributed by atoms with E-state index >= 15 is 0 Å². The van der Waals surface area contributed by atoms with Gasteiger partial charge in [-0.15, -0.1) is 10.2 Å². The highest BCUT2D eigenvalue weighted by Gasteiger charge is 2.33. The number of rotatable bonds is 11. The molecule has 38 heavy (non-hydrogen) atoms. The monoisotopic (exact) mass is 524 g/mol. The predicted molar refractivity (Wildman–Crippen MR) is 139 cm³/mol. The molecule has 1 N–H and O–H groups in total. The molecule has 1 saturated carbocycles. The molecule has 1 fully saturated rings. The van der Waals surface area contributed by atoms with E-state index in [1.165, 1.54) is 35.0 Å². The van der Waals surface area contributed by atoms with Gasteiger partial charge in [-0.3, -0.25) is 14.5 Å². The number of halogens is 1. The number of hydrogen-bond donors (Lipinski definition) is 1. The Bertz CT molecular complexity index is 1260. The van der Waals surface area contributed by atoms with Crippen LogP contribution in [0.2, 0.25) is 0 Å². The average molecular weight is 525 g/mol. The van der Waals surface area contributed by atoms with Crippen molar-refractivity contribution in [2.24, 2.45) is 0 Å². The van der Waals surface area contributed by atoms with Gasteiger partial charge in [0.15, 0.2) is 11.5 Å². The second-order valence-corrected chi connectivity index (χ2v) is 9.25. The zero-order valence-corrected chi connectivity index (χ0v) is 21.9. The van der Waals surface area contributed by atoms with Crippen LogP contribution in [0.5, 0.6) is 11.5 Å². The minimum atomic E-state index is -0.802. The van der Waals surface area contributed by atoms with Gasteiger partial charge < -0.3 is 14.8 Å². The fraction of sp³-hybridized carbons (Fsp3) is 0.444. The molecule has 202 valence electrons. The van der Waals surface area contributed by atoms with Gasteiger partial charge in [0.1, 0.15) is 18.4 Å². The van der Waals surface area contributed by atoms with Gasteiger partial charge >= 0.3 is 0 Å². The number of nitrogens with zero attached hydrogens (tertiary/aromatic N) is 5. The number of anilines is 1. The summed E-state index contributed by atoms with van der Waals surface area (Å²) in [5.74, 6) is 0.162. The molecule has 0 radical (unpaired) electrons. The highest BCUT2D eigenvalue weighted by atomic mass is 19.1. The maximum Gasteiger partial charge on any atom is 0.251 e. The lowest BCUT2D eigenvalue weighted by Gasteiger charge is -2.31. The third-order valence-electron chi connectivity index (χ3n) is 6.60. The Labute approximate surface area is 221 Å². The number of hydrogen-bond acceptors (Lipinski definition) is 7. The summed E-state index contributed by atoms with van der Waals surface area (Å²) in [4.78, 5) is 29.6. The van der Waals surface area contributed by atoms with Gasteiger partial charge in [0, 0.05) is 17.3 Å². The van der Waals surface area contributed by atoms with E-state index in [2.05, 4.69) is 20.7 Å². The molecule has 1 aliphatic rings. The van der Waals surface area contributed by atoms with E-state index in [4.69, 9.17) is 9.47 Å². The van der Waals surface area contributed by atoms with Crippen LogP contribution in [0, 0.1) is 5.82 Å². The first-order valence-corrected chi connectivity index (χ1v) is 12.8. The molecule has 1 aromatic heterocycles. The Balaban J connectivity index is 1.60. The van der Waals surface area contributed by atoms with Gasteiger partial charge in [0.25, 0.3) is 5.91 Å². The summed E-state index contributed by atoms with van der Waals surface area (Å²) in [6.45, 7) is 1.66. The topological polar surface area (TPSA) is 111 Å². The summed E-state index contributed by atoms with van der Waals surface area (Å²) in [7, 11) is 3.07. The first-order chi connectivity index (χ1) is 18.4. The van der Waals surface area contributed by atoms with E-state index < -0.39 is 17.8 Å². The van der Waals surface area contributed by atoms with Gasteiger partial charge in [-0.05, 0) is 60.9 Å². The van der Waals surface area contributed by atoms with Gasteiger partial charge in [-0.1, -0.05) is 32.3 Å². The number of benzene rings is 2. The van der Waals surface area contributed by atoms with Crippen molar-refractivity contribution in [1.82, 2.24) is 25.5 Å². The molecule has 1 heterocycles. The van der Waals surface area contributed by atoms with Crippen LogP contribution in [0.25, 0.3) is 11.4 Å². The molecule has 1 aliphatic carbocycles. The number of aromatic nitrogens is 4. The molecule has 0 aliphatic heterocycles. The van der Waals surface area contributed by atoms with Gasteiger partial charge in [-0.25, -0.2) is 4.39 Å². The Kier molecular flexibility index (Phi) is 8.88. The SMILES string of the molecule is CCC[C@H](C(=O)NC1CCCC1)N(C(=O)Cn1nnc(-c2ccc(OC)c(OC)c2)n1)c1cccc(F)c1. The molecule has 0 spiro atoms. The van der Waals surface area contributed by atoms with Crippen LogP contribution in [-0.2, 0) is 16.1 Å². The number of amides is 2. The van der Waals surface area contributed by atoms with E-state index in [0.717, 1.165) is 25.7 Å². The molecule has 11 heteroatoms. The largest absolute Gasteiger partial charge is 0.493 e. The molecular weight excluding hydrogens is 491 g/mol. The molecular formula is C27H33FN6O4. The molecule has 2 amide bonds. The fourth-order valence-corrected chi connectivity index (χ4v) is 4.74. The van der Waals surface area contributed by atoms with Crippen molar-refractivity contribution < 1.29 is 23.5 Å². The minimum Gasteiger partial charge on any atom is -0.493 e. The normalized spacial score (nSPS) is 14.2. The maximum atomic E-state index is 14.2. The molecule has 2 aromatic carbocycles. The summed E-state index contributed by atoms with van der Waals surface area (Å²) < 4.78 is 24.8. The Morgan fingerprint density at radius 3 is 2.58 bits per heavy atom. The van der Waals surface area contributed by atoms with Crippen LogP contribution in [0.4, 0.5) is 10.1 Å². The summed E-state index contributed by atoms with van der Waals surface area (Å²) in [6, 6.07) is 10.2. The third kappa shape index (κ3) is 6.27. The number of carbonyl (C=O) groups excluding carboxylic acids is 2. The molecule has 4 rings (SSSR count). The Morgan fingerprint density at radius 1 is 1.13 bits per heavy atom. The van der Waals surface area contributed by atoms with Crippen molar-refractivity contribution in [3.05, 3.63) is 48.3 Å². The van der Waals surface area contributed by atoms with Crippen molar-refractivity contribution in [1.29, 1.82) is 0 Å². The van der Waals surface area contributed by atoms with Crippen LogP contribution in [0.3, 0.4) is 0 Å². The highest BCUT2D eigenvalue weighted by molar-refractivity contribution is 6.00. The van der Waals surface area contributed by atoms with Crippen molar-refractivity contribution in [3.8, 4) is 22.9 Å². The minimum absolute atomic E-state index is 0.0901. The van der Waals surface area contributed by atoms with Crippen LogP contribution in [0.15, 0.2) is 42.5 Å². The number of carbonyl (C=O) groups is 2. The standard InChI is InChI=1S/C27H33FN6O4/c1-4-8-22(27(36)29-20-10-5-6-11-20)34(21-12-7-9-19(28)16-21)25(35)17-33-31-26(30-32-33)18-13-14-23(37-2)24(15-18)38-3/h7,9,12-16,20,22H,4-6,8,10-11,17H2,1-3H3,(H,29,36)/t22-/m1/s1. The average Bonchev–Trinajstić information content (AvgIpc) is 3.60. The van der Waals surface area contributed by atoms with Gasteiger partial charge in [0.05, 0.1) is 14.2 Å². The van der Waals surface area contributed by atoms with Crippen molar-refractivity contribution in [2.75, 3.05) is 19.1 Å². The maximum absolute atomic E-state index is 14.2. The number of methoxy groups -OCH3 is 2. The Morgan fingerprint density at radius 2 is 1.89 bits per heavy atom. The molecule has 0 bridgehead atoms. The predicted octanol–water partition coefficient (Wildman–Crippen LogP) is 3.76. The third-order valence-corrected chi connectivity index (χ3v) is 6.60. The number of ether oxygens (including phenoxy) is 2. The van der Waals surface area contributed by atoms with Gasteiger partial charge in [-0.2, -0.15) is 4.80 Å². The van der Waals surface area contributed by atoms with E-state index in [0.29, 0.717) is 41.4 Å². The molecule has 0 unspecified atom stereocenters. The fourth-order valence-electron chi connectivity index (χ4n) is 4.74.